The summed E-state index contributed by atoms with van der Waals surface area (Å²) in [6, 6.07) is -4.75. The average Bonchev–Trinajstić information content (AvgIpc) is 3.83. The van der Waals surface area contributed by atoms with Crippen LogP contribution in [0.3, 0.4) is 0 Å². The summed E-state index contributed by atoms with van der Waals surface area (Å²) in [5.41, 5.74) is 17.7. The van der Waals surface area contributed by atoms with Gasteiger partial charge in [0.1, 0.15) is 48.0 Å². The monoisotopic (exact) mass is 1060 g/mol. The van der Waals surface area contributed by atoms with Crippen molar-refractivity contribution in [3.05, 3.63) is 29.8 Å². The highest BCUT2D eigenvalue weighted by Gasteiger charge is 2.40. The van der Waals surface area contributed by atoms with E-state index < -0.39 is 133 Å². The first-order valence-electron chi connectivity index (χ1n) is 24.6. The third kappa shape index (κ3) is 23.4. The van der Waals surface area contributed by atoms with E-state index in [1.165, 1.54) is 40.9 Å². The van der Waals surface area contributed by atoms with E-state index >= 15 is 0 Å². The van der Waals surface area contributed by atoms with E-state index in [2.05, 4.69) is 37.2 Å². The van der Waals surface area contributed by atoms with E-state index in [4.69, 9.17) is 27.7 Å². The summed E-state index contributed by atoms with van der Waals surface area (Å²) in [6.07, 6.45) is 1.46. The molecule has 0 aromatic heterocycles. The number of phenols is 1. The number of nitrogens with zero attached hydrogens (tertiary/aromatic N) is 1. The molecule has 1 aromatic rings. The van der Waals surface area contributed by atoms with Crippen LogP contribution in [0.1, 0.15) is 103 Å². The highest BCUT2D eigenvalue weighted by atomic mass is 32.2. The van der Waals surface area contributed by atoms with Crippen LogP contribution in [0.25, 0.3) is 0 Å². The number of phenolic OH excluding ortho intramolecular Hbond substituents is 1. The van der Waals surface area contributed by atoms with Gasteiger partial charge in [-0.05, 0) is 113 Å². The molecule has 1 aromatic carbocycles. The third-order valence-corrected chi connectivity index (χ3v) is 12.5. The Morgan fingerprint density at radius 3 is 1.81 bits per heavy atom. The Morgan fingerprint density at radius 2 is 1.24 bits per heavy atom. The number of nitrogens with two attached hydrogens (primary N) is 3. The lowest BCUT2D eigenvalue weighted by atomic mass is 9.99. The number of guanidine groups is 1. The van der Waals surface area contributed by atoms with Crippen LogP contribution >= 0.6 is 11.8 Å². The molecule has 1 heterocycles. The molecule has 1 aliphatic rings. The predicted octanol–water partition coefficient (Wildman–Crippen LogP) is -1.83. The van der Waals surface area contributed by atoms with Crippen molar-refractivity contribution in [2.24, 2.45) is 23.1 Å². The fourth-order valence-electron chi connectivity index (χ4n) is 7.91. The summed E-state index contributed by atoms with van der Waals surface area (Å²) in [5.74, 6) is -9.89. The Morgan fingerprint density at radius 1 is 0.703 bits per heavy atom. The van der Waals surface area contributed by atoms with Crippen LogP contribution in [0.2, 0.25) is 0 Å². The van der Waals surface area contributed by atoms with Crippen LogP contribution in [0.15, 0.2) is 24.3 Å². The SMILES string of the molecule is CSCC[C@H](NC(=O)[C@@H]1CCCN1C(=O)[C@H](CCCCN)NC(=O)[C@H](CCC(=O)O)NC(=O)[C@H](CC(C)C)NC(=O)[C@H](Cc1ccc(O)cc1)NC(=O)[C@@H](N)CCCNC(=N)N)C(=O)N[C@@H](CCC(=O)O)C(=O)O. The molecule has 0 bridgehead atoms. The molecule has 8 atom stereocenters. The summed E-state index contributed by atoms with van der Waals surface area (Å²) >= 11 is 1.35. The van der Waals surface area contributed by atoms with Crippen molar-refractivity contribution in [1.29, 1.82) is 5.41 Å². The molecule has 74 heavy (non-hydrogen) atoms. The van der Waals surface area contributed by atoms with Gasteiger partial charge in [-0.25, -0.2) is 4.79 Å². The first-order chi connectivity index (χ1) is 35.0. The number of likely N-dealkylation sites (tertiary alicyclic amines) is 1. The van der Waals surface area contributed by atoms with Gasteiger partial charge in [0.05, 0.1) is 6.04 Å². The Labute approximate surface area is 434 Å². The van der Waals surface area contributed by atoms with Gasteiger partial charge in [0.25, 0.3) is 0 Å². The molecule has 7 amide bonds. The summed E-state index contributed by atoms with van der Waals surface area (Å²) in [7, 11) is 0. The maximum Gasteiger partial charge on any atom is 0.326 e. The fourth-order valence-corrected chi connectivity index (χ4v) is 8.38. The van der Waals surface area contributed by atoms with E-state index in [9.17, 15) is 63.3 Å². The number of carboxylic acids is 3. The fraction of sp³-hybridized carbons (Fsp3) is 0.638. The van der Waals surface area contributed by atoms with Crippen LogP contribution in [0.5, 0.6) is 5.75 Å². The van der Waals surface area contributed by atoms with Crippen LogP contribution < -0.4 is 54.4 Å². The van der Waals surface area contributed by atoms with Gasteiger partial charge in [-0.2, -0.15) is 11.8 Å². The van der Waals surface area contributed by atoms with Gasteiger partial charge in [0.15, 0.2) is 5.96 Å². The zero-order valence-corrected chi connectivity index (χ0v) is 43.0. The van der Waals surface area contributed by atoms with E-state index in [1.54, 1.807) is 20.1 Å². The molecule has 0 radical (unpaired) electrons. The van der Waals surface area contributed by atoms with E-state index in [1.807, 2.05) is 0 Å². The van der Waals surface area contributed by atoms with Crippen molar-refractivity contribution in [1.82, 2.24) is 42.1 Å². The standard InChI is InChI=1S/C47H76N12O14S/c1-26(2)24-34(58-43(69)35(25-27-11-13-28(60)14-12-27)57-39(65)29(49)8-6-21-52-47(50)51)42(68)53-30(15-17-37(61)62)40(66)55-32(9-4-5-20-48)45(71)59-22-7-10-36(59)44(70)54-31(19-23-74-3)41(67)56-33(46(72)73)16-18-38(63)64/h11-14,26,29-36,60H,4-10,15-25,48-49H2,1-3H3,(H,53,68)(H,54,70)(H,55,66)(H,56,67)(H,57,65)(H,58,69)(H,61,62)(H,63,64)(H,72,73)(H4,50,51,52)/t29-,30-,31-,32-,33-,34-,35-,36-/m0/s1. The van der Waals surface area contributed by atoms with Crippen molar-refractivity contribution in [2.45, 2.75) is 152 Å². The number of amides is 7. The molecular formula is C47H76N12O14S. The molecule has 1 fully saturated rings. The number of hydrogen-bond donors (Lipinski definition) is 15. The number of aromatic hydroxyl groups is 1. The van der Waals surface area contributed by atoms with Crippen molar-refractivity contribution < 1.29 is 68.4 Å². The van der Waals surface area contributed by atoms with Crippen LogP contribution in [-0.2, 0) is 54.4 Å². The molecule has 26 nitrogen and oxygen atoms in total. The molecule has 1 saturated heterocycles. The van der Waals surface area contributed by atoms with Gasteiger partial charge in [0, 0.05) is 32.4 Å². The zero-order chi connectivity index (χ0) is 55.5. The largest absolute Gasteiger partial charge is 0.508 e. The molecule has 0 aliphatic carbocycles. The lowest BCUT2D eigenvalue weighted by Crippen LogP contribution is -2.60. The van der Waals surface area contributed by atoms with Crippen molar-refractivity contribution in [3.63, 3.8) is 0 Å². The molecule has 0 unspecified atom stereocenters. The second-order valence-corrected chi connectivity index (χ2v) is 19.4. The molecular weight excluding hydrogens is 989 g/mol. The predicted molar refractivity (Wildman–Crippen MR) is 272 cm³/mol. The molecule has 18 N–H and O–H groups in total. The van der Waals surface area contributed by atoms with E-state index in [0.717, 1.165) is 0 Å². The third-order valence-electron chi connectivity index (χ3n) is 11.9. The maximum atomic E-state index is 14.4. The van der Waals surface area contributed by atoms with Crippen molar-refractivity contribution >= 4 is 77.0 Å². The molecule has 414 valence electrons. The number of carboxylic acid groups (broad SMARTS) is 3. The molecule has 0 spiro atoms. The van der Waals surface area contributed by atoms with Crippen molar-refractivity contribution in [2.75, 3.05) is 31.6 Å². The number of thioether (sulfide) groups is 1. The highest BCUT2D eigenvalue weighted by Crippen LogP contribution is 2.21. The maximum absolute atomic E-state index is 14.4. The minimum atomic E-state index is -1.57. The van der Waals surface area contributed by atoms with Gasteiger partial charge in [0.2, 0.25) is 41.4 Å². The molecule has 1 aliphatic heterocycles. The summed E-state index contributed by atoms with van der Waals surface area (Å²) in [5, 5.41) is 63.5. The minimum Gasteiger partial charge on any atom is -0.508 e. The lowest BCUT2D eigenvalue weighted by Gasteiger charge is -2.31. The Bertz CT molecular complexity index is 2080. The highest BCUT2D eigenvalue weighted by molar-refractivity contribution is 7.98. The topological polar surface area (TPSA) is 441 Å². The molecule has 0 saturated carbocycles. The van der Waals surface area contributed by atoms with Crippen LogP contribution in [0.4, 0.5) is 0 Å². The Balaban J connectivity index is 2.40. The average molecular weight is 1070 g/mol. The van der Waals surface area contributed by atoms with Gasteiger partial charge in [-0.1, -0.05) is 26.0 Å². The lowest BCUT2D eigenvalue weighted by molar-refractivity contribution is -0.144. The number of carbonyl (C=O) groups is 10. The molecule has 27 heteroatoms. The summed E-state index contributed by atoms with van der Waals surface area (Å²) in [6.45, 7) is 4.08. The second kappa shape index (κ2) is 33.2. The van der Waals surface area contributed by atoms with Gasteiger partial charge in [-0.15, -0.1) is 0 Å². The number of hydrogen-bond acceptors (Lipinski definition) is 15. The number of nitrogens with one attached hydrogen (secondary N) is 8. The van der Waals surface area contributed by atoms with Crippen LogP contribution in [-0.4, -0.2) is 171 Å². The van der Waals surface area contributed by atoms with Gasteiger partial charge < -0.3 is 79.7 Å². The quantitative estimate of drug-likeness (QED) is 0.0202. The van der Waals surface area contributed by atoms with Crippen LogP contribution in [0, 0.1) is 11.3 Å². The van der Waals surface area contributed by atoms with Gasteiger partial charge in [-0.3, -0.25) is 48.6 Å². The number of unbranched alkanes of at least 4 members (excludes halogenated alkanes) is 1. The normalized spacial score (nSPS) is 16.0. The Hall–Kier alpha value is -6.74. The van der Waals surface area contributed by atoms with Crippen molar-refractivity contribution in [3.8, 4) is 5.75 Å². The number of rotatable bonds is 35. The number of carbonyl (C=O) groups excluding carboxylic acids is 7. The first kappa shape index (κ1) is 63.4. The van der Waals surface area contributed by atoms with Gasteiger partial charge >= 0.3 is 17.9 Å². The van der Waals surface area contributed by atoms with E-state index in [0.29, 0.717) is 37.0 Å². The minimum absolute atomic E-state index is 0.0106. The van der Waals surface area contributed by atoms with E-state index in [-0.39, 0.29) is 75.8 Å². The smallest absolute Gasteiger partial charge is 0.326 e. The second-order valence-electron chi connectivity index (χ2n) is 18.4. The molecule has 2 rings (SSSR count). The summed E-state index contributed by atoms with van der Waals surface area (Å²) < 4.78 is 0. The summed E-state index contributed by atoms with van der Waals surface area (Å²) in [4.78, 5) is 134. The zero-order valence-electron chi connectivity index (χ0n) is 42.2. The Kier molecular flexibility index (Phi) is 28.4. The number of aliphatic carboxylic acids is 3. The first-order valence-corrected chi connectivity index (χ1v) is 26.0. The number of benzene rings is 1.